The molecule has 3 aromatic rings. The lowest BCUT2D eigenvalue weighted by molar-refractivity contribution is 0.237. The van der Waals surface area contributed by atoms with Gasteiger partial charge in [0.15, 0.2) is 0 Å². The molecule has 0 fully saturated rings. The zero-order chi connectivity index (χ0) is 26.5. The molecule has 0 bridgehead atoms. The van der Waals surface area contributed by atoms with Gasteiger partial charge < -0.3 is 14.2 Å². The highest BCUT2D eigenvalue weighted by Crippen LogP contribution is 2.41. The fraction of sp³-hybridized carbons (Fsp3) is 0.469. The molecule has 4 heteroatoms. The molecule has 36 heavy (non-hydrogen) atoms. The van der Waals surface area contributed by atoms with E-state index in [1.165, 1.54) is 16.7 Å². The number of aromatic nitrogens is 1. The van der Waals surface area contributed by atoms with Gasteiger partial charge in [-0.05, 0) is 68.4 Å². The predicted molar refractivity (Wildman–Crippen MR) is 149 cm³/mol. The number of para-hydroxylation sites is 1. The van der Waals surface area contributed by atoms with E-state index in [1.54, 1.807) is 7.11 Å². The van der Waals surface area contributed by atoms with Crippen molar-refractivity contribution in [3.05, 3.63) is 82.5 Å². The molecule has 0 aliphatic heterocycles. The largest absolute Gasteiger partial charge is 0.494 e. The van der Waals surface area contributed by atoms with Crippen LogP contribution in [-0.4, -0.2) is 24.8 Å². The van der Waals surface area contributed by atoms with Gasteiger partial charge in [0.05, 0.1) is 19.8 Å². The third-order valence-electron chi connectivity index (χ3n) is 6.77. The molecule has 0 saturated heterocycles. The molecule has 1 unspecified atom stereocenters. The fourth-order valence-corrected chi connectivity index (χ4v) is 4.74. The number of ether oxygens (including phenoxy) is 3. The van der Waals surface area contributed by atoms with Crippen LogP contribution in [0.2, 0.25) is 0 Å². The minimum absolute atomic E-state index is 0.117. The Morgan fingerprint density at radius 3 is 2.19 bits per heavy atom. The first-order chi connectivity index (χ1) is 17.1. The van der Waals surface area contributed by atoms with Gasteiger partial charge in [-0.15, -0.1) is 0 Å². The van der Waals surface area contributed by atoms with Crippen molar-refractivity contribution in [2.75, 3.05) is 13.7 Å². The van der Waals surface area contributed by atoms with E-state index in [9.17, 15) is 0 Å². The fourth-order valence-electron chi connectivity index (χ4n) is 4.74. The first kappa shape index (κ1) is 27.6. The van der Waals surface area contributed by atoms with Crippen molar-refractivity contribution < 1.29 is 14.2 Å². The first-order valence-electron chi connectivity index (χ1n) is 13.2. The Balaban J connectivity index is 1.94. The van der Waals surface area contributed by atoms with Gasteiger partial charge in [0.2, 0.25) is 5.88 Å². The van der Waals surface area contributed by atoms with E-state index < -0.39 is 0 Å². The average molecular weight is 490 g/mol. The number of methoxy groups -OCH3 is 1. The van der Waals surface area contributed by atoms with E-state index in [2.05, 4.69) is 97.0 Å². The first-order valence-corrected chi connectivity index (χ1v) is 13.2. The molecule has 0 radical (unpaired) electrons. The summed E-state index contributed by atoms with van der Waals surface area (Å²) in [6.07, 6.45) is 0.925. The van der Waals surface area contributed by atoms with Gasteiger partial charge in [0.1, 0.15) is 11.5 Å². The summed E-state index contributed by atoms with van der Waals surface area (Å²) in [7, 11) is 1.69. The van der Waals surface area contributed by atoms with Gasteiger partial charge in [-0.25, -0.2) is 4.98 Å². The molecule has 4 nitrogen and oxygen atoms in total. The summed E-state index contributed by atoms with van der Waals surface area (Å²) < 4.78 is 17.9. The van der Waals surface area contributed by atoms with E-state index in [4.69, 9.17) is 19.2 Å². The zero-order valence-corrected chi connectivity index (χ0v) is 23.5. The maximum Gasteiger partial charge on any atom is 0.216 e. The molecule has 1 atom stereocenters. The lowest BCUT2D eigenvalue weighted by atomic mass is 9.77. The van der Waals surface area contributed by atoms with Crippen LogP contribution in [-0.2, 0) is 11.8 Å². The molecule has 1 heterocycles. The van der Waals surface area contributed by atoms with Crippen LogP contribution >= 0.6 is 0 Å². The van der Waals surface area contributed by atoms with Crippen molar-refractivity contribution in [2.45, 2.75) is 85.2 Å². The monoisotopic (exact) mass is 489 g/mol. The molecular formula is C32H43NO3. The standard InChI is InChI=1S/C32H43NO3/c1-10-35-30-20-24(32(7,8)28-13-11-12-14-29(28)36-22(4)5)15-17-27(30)23(6)19-25-16-18-26(21(2)3)31(33-25)34-9/h11-18,20-23H,10,19H2,1-9H3. The number of pyridine rings is 1. The third-order valence-corrected chi connectivity index (χ3v) is 6.77. The van der Waals surface area contributed by atoms with Crippen molar-refractivity contribution in [3.63, 3.8) is 0 Å². The molecule has 1 aromatic heterocycles. The van der Waals surface area contributed by atoms with Crippen LogP contribution in [0.5, 0.6) is 17.4 Å². The van der Waals surface area contributed by atoms with E-state index in [0.29, 0.717) is 12.5 Å². The Labute approximate surface area is 218 Å². The maximum atomic E-state index is 6.18. The van der Waals surface area contributed by atoms with Gasteiger partial charge >= 0.3 is 0 Å². The second-order valence-corrected chi connectivity index (χ2v) is 10.6. The molecule has 3 rings (SSSR count). The van der Waals surface area contributed by atoms with Crippen molar-refractivity contribution in [2.24, 2.45) is 0 Å². The molecule has 2 aromatic carbocycles. The van der Waals surface area contributed by atoms with Crippen LogP contribution in [0.15, 0.2) is 54.6 Å². The minimum Gasteiger partial charge on any atom is -0.494 e. The molecule has 0 N–H and O–H groups in total. The topological polar surface area (TPSA) is 40.6 Å². The summed E-state index contributed by atoms with van der Waals surface area (Å²) in [5.74, 6) is 3.19. The molecule has 0 aliphatic rings. The van der Waals surface area contributed by atoms with Crippen LogP contribution < -0.4 is 14.2 Å². The highest BCUT2D eigenvalue weighted by atomic mass is 16.5. The number of benzene rings is 2. The molecule has 0 amide bonds. The molecule has 0 saturated carbocycles. The second-order valence-electron chi connectivity index (χ2n) is 10.6. The van der Waals surface area contributed by atoms with Crippen molar-refractivity contribution in [1.82, 2.24) is 4.98 Å². The van der Waals surface area contributed by atoms with Gasteiger partial charge in [-0.2, -0.15) is 0 Å². The number of hydrogen-bond acceptors (Lipinski definition) is 4. The predicted octanol–water partition coefficient (Wildman–Crippen LogP) is 8.07. The highest BCUT2D eigenvalue weighted by Gasteiger charge is 2.28. The average Bonchev–Trinajstić information content (AvgIpc) is 2.83. The summed E-state index contributed by atoms with van der Waals surface area (Å²) in [5.41, 5.74) is 5.47. The Bertz CT molecular complexity index is 1150. The molecule has 0 spiro atoms. The van der Waals surface area contributed by atoms with E-state index in [0.717, 1.165) is 35.1 Å². The zero-order valence-electron chi connectivity index (χ0n) is 23.5. The van der Waals surface area contributed by atoms with Crippen LogP contribution in [0.3, 0.4) is 0 Å². The Kier molecular flexibility index (Phi) is 9.05. The van der Waals surface area contributed by atoms with Gasteiger partial charge in [-0.1, -0.05) is 71.0 Å². The van der Waals surface area contributed by atoms with E-state index in [1.807, 2.05) is 13.0 Å². The number of nitrogens with zero attached hydrogens (tertiary/aromatic N) is 1. The smallest absolute Gasteiger partial charge is 0.216 e. The number of hydrogen-bond donors (Lipinski definition) is 0. The molecule has 0 aliphatic carbocycles. The summed E-state index contributed by atoms with van der Waals surface area (Å²) in [5, 5.41) is 0. The summed E-state index contributed by atoms with van der Waals surface area (Å²) in [4.78, 5) is 4.81. The second kappa shape index (κ2) is 11.8. The SMILES string of the molecule is CCOc1cc(C(C)(C)c2ccccc2OC(C)C)ccc1C(C)Cc1ccc(C(C)C)c(OC)n1. The summed E-state index contributed by atoms with van der Waals surface area (Å²) in [6.45, 7) is 17.8. The summed E-state index contributed by atoms with van der Waals surface area (Å²) >= 11 is 0. The lowest BCUT2D eigenvalue weighted by Gasteiger charge is -2.30. The summed E-state index contributed by atoms with van der Waals surface area (Å²) in [6, 6.07) is 19.3. The van der Waals surface area contributed by atoms with Crippen LogP contribution in [0.4, 0.5) is 0 Å². The van der Waals surface area contributed by atoms with Crippen LogP contribution in [0.1, 0.15) is 95.2 Å². The van der Waals surface area contributed by atoms with Crippen molar-refractivity contribution in [3.8, 4) is 17.4 Å². The number of rotatable bonds is 11. The van der Waals surface area contributed by atoms with Crippen LogP contribution in [0, 0.1) is 0 Å². The Morgan fingerprint density at radius 1 is 0.861 bits per heavy atom. The van der Waals surface area contributed by atoms with Crippen molar-refractivity contribution >= 4 is 0 Å². The Morgan fingerprint density at radius 2 is 1.56 bits per heavy atom. The van der Waals surface area contributed by atoms with Crippen LogP contribution in [0.25, 0.3) is 0 Å². The normalized spacial score (nSPS) is 12.6. The highest BCUT2D eigenvalue weighted by molar-refractivity contribution is 5.50. The van der Waals surface area contributed by atoms with Gasteiger partial charge in [0.25, 0.3) is 0 Å². The lowest BCUT2D eigenvalue weighted by Crippen LogP contribution is -2.21. The Hall–Kier alpha value is -3.01. The molecule has 194 valence electrons. The maximum absolute atomic E-state index is 6.18. The minimum atomic E-state index is -0.249. The van der Waals surface area contributed by atoms with Crippen molar-refractivity contribution in [1.29, 1.82) is 0 Å². The van der Waals surface area contributed by atoms with Gasteiger partial charge in [0, 0.05) is 22.2 Å². The third kappa shape index (κ3) is 6.21. The van der Waals surface area contributed by atoms with E-state index in [-0.39, 0.29) is 17.4 Å². The quantitative estimate of drug-likeness (QED) is 0.273. The van der Waals surface area contributed by atoms with Gasteiger partial charge in [-0.3, -0.25) is 0 Å². The molecular weight excluding hydrogens is 446 g/mol. The van der Waals surface area contributed by atoms with E-state index >= 15 is 0 Å².